The van der Waals surface area contributed by atoms with E-state index in [-0.39, 0.29) is 17.9 Å². The first-order valence-corrected chi connectivity index (χ1v) is 10.2. The maximum Gasteiger partial charge on any atom is 0.402 e. The standard InChI is InChI=1S/C16H23N2O5PS/c1-11(2)21-24(25,22-12(3)4)23-18-14(10-17)13-7-8-15(19-5)16(9-13)20-6/h7-9,11-12H,1-6H3/b18-14+. The van der Waals surface area contributed by atoms with E-state index in [1.54, 1.807) is 18.2 Å². The molecule has 0 aromatic heterocycles. The molecule has 0 radical (unpaired) electrons. The van der Waals surface area contributed by atoms with Crippen molar-refractivity contribution in [3.8, 4) is 17.6 Å². The lowest BCUT2D eigenvalue weighted by atomic mass is 10.1. The normalized spacial score (nSPS) is 12.2. The summed E-state index contributed by atoms with van der Waals surface area (Å²) in [6.07, 6.45) is -0.405. The summed E-state index contributed by atoms with van der Waals surface area (Å²) in [5, 5.41) is 13.3. The van der Waals surface area contributed by atoms with Gasteiger partial charge in [0.05, 0.1) is 26.4 Å². The Kier molecular flexibility index (Phi) is 8.33. The molecule has 0 saturated heterocycles. The minimum Gasteiger partial charge on any atom is -0.493 e. The summed E-state index contributed by atoms with van der Waals surface area (Å²) in [5.74, 6) is 1.01. The minimum absolute atomic E-state index is 0.0230. The van der Waals surface area contributed by atoms with Crippen LogP contribution in [0.15, 0.2) is 23.4 Å². The Morgan fingerprint density at radius 1 is 1.08 bits per heavy atom. The topological polar surface area (TPSA) is 82.3 Å². The highest BCUT2D eigenvalue weighted by molar-refractivity contribution is 8.07. The molecule has 0 unspecified atom stereocenters. The van der Waals surface area contributed by atoms with Gasteiger partial charge in [-0.15, -0.1) is 0 Å². The van der Waals surface area contributed by atoms with E-state index < -0.39 is 6.72 Å². The van der Waals surface area contributed by atoms with E-state index in [9.17, 15) is 5.26 Å². The summed E-state index contributed by atoms with van der Waals surface area (Å²) in [7, 11) is 3.04. The minimum atomic E-state index is -3.11. The van der Waals surface area contributed by atoms with Crippen LogP contribution >= 0.6 is 6.72 Å². The molecule has 9 heteroatoms. The second-order valence-electron chi connectivity index (χ2n) is 5.46. The number of rotatable bonds is 9. The van der Waals surface area contributed by atoms with E-state index in [4.69, 9.17) is 35.0 Å². The van der Waals surface area contributed by atoms with E-state index in [2.05, 4.69) is 5.16 Å². The molecule has 7 nitrogen and oxygen atoms in total. The smallest absolute Gasteiger partial charge is 0.402 e. The van der Waals surface area contributed by atoms with E-state index in [1.165, 1.54) is 14.2 Å². The highest BCUT2D eigenvalue weighted by Crippen LogP contribution is 2.52. The molecule has 0 heterocycles. The fourth-order valence-electron chi connectivity index (χ4n) is 1.79. The van der Waals surface area contributed by atoms with Gasteiger partial charge in [-0.2, -0.15) is 5.26 Å². The molecule has 0 bridgehead atoms. The maximum absolute atomic E-state index is 9.39. The zero-order valence-electron chi connectivity index (χ0n) is 15.2. The summed E-state index contributed by atoms with van der Waals surface area (Å²) in [4.78, 5) is 0. The van der Waals surface area contributed by atoms with Crippen molar-refractivity contribution in [1.29, 1.82) is 5.26 Å². The Morgan fingerprint density at radius 2 is 1.64 bits per heavy atom. The Hall–Kier alpha value is -1.65. The molecule has 0 N–H and O–H groups in total. The van der Waals surface area contributed by atoms with Gasteiger partial charge in [0, 0.05) is 17.4 Å². The van der Waals surface area contributed by atoms with Crippen molar-refractivity contribution in [2.24, 2.45) is 5.16 Å². The largest absolute Gasteiger partial charge is 0.493 e. The Bertz CT molecular complexity index is 686. The molecule has 0 fully saturated rings. The van der Waals surface area contributed by atoms with Gasteiger partial charge in [-0.25, -0.2) is 0 Å². The monoisotopic (exact) mass is 386 g/mol. The van der Waals surface area contributed by atoms with Crippen LogP contribution in [-0.4, -0.2) is 32.1 Å². The first kappa shape index (κ1) is 21.4. The van der Waals surface area contributed by atoms with Crippen LogP contribution in [0.25, 0.3) is 0 Å². The molecular weight excluding hydrogens is 363 g/mol. The van der Waals surface area contributed by atoms with Gasteiger partial charge in [0.1, 0.15) is 6.07 Å². The first-order chi connectivity index (χ1) is 11.7. The van der Waals surface area contributed by atoms with Crippen molar-refractivity contribution < 1.29 is 23.1 Å². The lowest BCUT2D eigenvalue weighted by Crippen LogP contribution is -2.09. The van der Waals surface area contributed by atoms with Crippen LogP contribution in [0.4, 0.5) is 0 Å². The van der Waals surface area contributed by atoms with Crippen LogP contribution in [0.5, 0.6) is 11.5 Å². The average Bonchev–Trinajstić information content (AvgIpc) is 2.53. The van der Waals surface area contributed by atoms with Crippen molar-refractivity contribution in [2.45, 2.75) is 39.9 Å². The lowest BCUT2D eigenvalue weighted by Gasteiger charge is -2.22. The molecule has 0 aliphatic heterocycles. The number of ether oxygens (including phenoxy) is 2. The summed E-state index contributed by atoms with van der Waals surface area (Å²) in [6, 6.07) is 6.94. The predicted molar refractivity (Wildman–Crippen MR) is 99.5 cm³/mol. The SMILES string of the molecule is COc1ccc(/C(C#N)=N/OP(=S)(OC(C)C)OC(C)C)cc1OC. The second-order valence-corrected chi connectivity index (χ2v) is 8.28. The molecule has 0 aliphatic carbocycles. The number of benzene rings is 1. The molecule has 0 aliphatic rings. The van der Waals surface area contributed by atoms with Gasteiger partial charge >= 0.3 is 6.72 Å². The zero-order valence-corrected chi connectivity index (χ0v) is 16.9. The van der Waals surface area contributed by atoms with Crippen molar-refractivity contribution in [1.82, 2.24) is 0 Å². The van der Waals surface area contributed by atoms with Crippen molar-refractivity contribution in [3.05, 3.63) is 23.8 Å². The van der Waals surface area contributed by atoms with E-state index in [0.717, 1.165) is 0 Å². The molecule has 1 rings (SSSR count). The molecule has 138 valence electrons. The third-order valence-electron chi connectivity index (χ3n) is 2.67. The lowest BCUT2D eigenvalue weighted by molar-refractivity contribution is 0.112. The first-order valence-electron chi connectivity index (χ1n) is 7.60. The summed E-state index contributed by atoms with van der Waals surface area (Å²) in [5.41, 5.74) is 0.519. The summed E-state index contributed by atoms with van der Waals surface area (Å²) >= 11 is 5.34. The third kappa shape index (κ3) is 6.63. The second kappa shape index (κ2) is 9.73. The van der Waals surface area contributed by atoms with Crippen LogP contribution in [0, 0.1) is 11.3 Å². The Morgan fingerprint density at radius 3 is 2.08 bits per heavy atom. The van der Waals surface area contributed by atoms with Gasteiger partial charge in [-0.3, -0.25) is 9.05 Å². The molecule has 1 aromatic rings. The van der Waals surface area contributed by atoms with Crippen LogP contribution in [0.3, 0.4) is 0 Å². The van der Waals surface area contributed by atoms with Crippen LogP contribution in [0.1, 0.15) is 33.3 Å². The van der Waals surface area contributed by atoms with Gasteiger partial charge in [0.25, 0.3) is 0 Å². The fraction of sp³-hybridized carbons (Fsp3) is 0.500. The van der Waals surface area contributed by atoms with Gasteiger partial charge in [-0.1, -0.05) is 5.16 Å². The number of nitrogens with zero attached hydrogens (tertiary/aromatic N) is 2. The predicted octanol–water partition coefficient (Wildman–Crippen LogP) is 4.02. The fourth-order valence-corrected chi connectivity index (χ4v) is 4.27. The molecule has 0 saturated carbocycles. The van der Waals surface area contributed by atoms with Crippen molar-refractivity contribution in [3.63, 3.8) is 0 Å². The van der Waals surface area contributed by atoms with Crippen LogP contribution < -0.4 is 9.47 Å². The zero-order chi connectivity index (χ0) is 19.0. The molecule has 25 heavy (non-hydrogen) atoms. The number of methoxy groups -OCH3 is 2. The number of hydrogen-bond acceptors (Lipinski definition) is 8. The third-order valence-corrected chi connectivity index (χ3v) is 5.03. The summed E-state index contributed by atoms with van der Waals surface area (Å²) < 4.78 is 26.9. The Labute approximate surface area is 153 Å². The number of nitriles is 1. The Balaban J connectivity index is 3.13. The van der Waals surface area contributed by atoms with Gasteiger partial charge in [-0.05, 0) is 45.9 Å². The molecule has 0 amide bonds. The van der Waals surface area contributed by atoms with E-state index in [0.29, 0.717) is 17.1 Å². The highest BCUT2D eigenvalue weighted by atomic mass is 32.5. The van der Waals surface area contributed by atoms with E-state index in [1.807, 2.05) is 33.8 Å². The van der Waals surface area contributed by atoms with Gasteiger partial charge in [0.2, 0.25) is 0 Å². The van der Waals surface area contributed by atoms with Crippen LogP contribution in [-0.2, 0) is 25.5 Å². The average molecular weight is 386 g/mol. The van der Waals surface area contributed by atoms with Crippen molar-refractivity contribution in [2.75, 3.05) is 14.2 Å². The molecular formula is C16H23N2O5PS. The quantitative estimate of drug-likeness (QED) is 0.360. The number of hydrogen-bond donors (Lipinski definition) is 0. The molecule has 0 spiro atoms. The summed E-state index contributed by atoms with van der Waals surface area (Å²) in [6.45, 7) is 4.15. The number of oxime groups is 1. The molecule has 1 aromatic carbocycles. The van der Waals surface area contributed by atoms with Crippen LogP contribution in [0.2, 0.25) is 0 Å². The van der Waals surface area contributed by atoms with Crippen molar-refractivity contribution >= 4 is 24.2 Å². The molecule has 0 atom stereocenters. The highest BCUT2D eigenvalue weighted by Gasteiger charge is 2.26. The van der Waals surface area contributed by atoms with Gasteiger partial charge in [0.15, 0.2) is 17.2 Å². The maximum atomic E-state index is 9.39. The van der Waals surface area contributed by atoms with E-state index >= 15 is 0 Å². The van der Waals surface area contributed by atoms with Gasteiger partial charge < -0.3 is 14.1 Å².